The number of pyridine rings is 1. The van der Waals surface area contributed by atoms with E-state index in [-0.39, 0.29) is 17.3 Å². The number of esters is 1. The first-order valence-corrected chi connectivity index (χ1v) is 8.89. The van der Waals surface area contributed by atoms with Gasteiger partial charge in [-0.05, 0) is 45.9 Å². The fourth-order valence-electron chi connectivity index (χ4n) is 2.60. The summed E-state index contributed by atoms with van der Waals surface area (Å²) in [6.45, 7) is 6.52. The Balaban J connectivity index is 1.84. The SMILES string of the molecule is Cc1noc2nc(-c3ccco3)cc(C(=O)OC(C)C(=O)NC(=O)NC(C)C)c12. The van der Waals surface area contributed by atoms with E-state index in [1.54, 1.807) is 32.9 Å². The van der Waals surface area contributed by atoms with Crippen molar-refractivity contribution in [3.05, 3.63) is 35.7 Å². The van der Waals surface area contributed by atoms with Gasteiger partial charge in [0, 0.05) is 6.04 Å². The molecule has 3 amide bonds. The van der Waals surface area contributed by atoms with Gasteiger partial charge in [0.1, 0.15) is 5.69 Å². The molecular weight excluding hydrogens is 380 g/mol. The molecule has 3 heterocycles. The molecule has 0 spiro atoms. The third-order valence-electron chi connectivity index (χ3n) is 3.92. The summed E-state index contributed by atoms with van der Waals surface area (Å²) < 4.78 is 15.7. The van der Waals surface area contributed by atoms with E-state index >= 15 is 0 Å². The Morgan fingerprint density at radius 2 is 1.97 bits per heavy atom. The van der Waals surface area contributed by atoms with Crippen LogP contribution in [0.25, 0.3) is 22.6 Å². The second-order valence-corrected chi connectivity index (χ2v) is 6.65. The largest absolute Gasteiger partial charge is 0.463 e. The number of urea groups is 1. The molecule has 1 unspecified atom stereocenters. The Labute approximate surface area is 165 Å². The zero-order chi connectivity index (χ0) is 21.1. The number of aromatic nitrogens is 2. The number of ether oxygens (including phenoxy) is 1. The molecule has 10 heteroatoms. The van der Waals surface area contributed by atoms with Crippen LogP contribution in [0, 0.1) is 6.92 Å². The first kappa shape index (κ1) is 20.1. The number of hydrogen-bond acceptors (Lipinski definition) is 8. The van der Waals surface area contributed by atoms with E-state index in [0.29, 0.717) is 22.5 Å². The van der Waals surface area contributed by atoms with Crippen LogP contribution in [0.5, 0.6) is 0 Å². The minimum absolute atomic E-state index is 0.117. The van der Waals surface area contributed by atoms with E-state index in [1.807, 2.05) is 0 Å². The van der Waals surface area contributed by atoms with E-state index in [2.05, 4.69) is 20.8 Å². The molecule has 0 fully saturated rings. The summed E-state index contributed by atoms with van der Waals surface area (Å²) in [7, 11) is 0. The van der Waals surface area contributed by atoms with E-state index in [1.165, 1.54) is 19.3 Å². The molecule has 3 aromatic rings. The topological polar surface area (TPSA) is 137 Å². The van der Waals surface area contributed by atoms with Gasteiger partial charge >= 0.3 is 12.0 Å². The lowest BCUT2D eigenvalue weighted by Gasteiger charge is -2.14. The second kappa shape index (κ2) is 8.13. The highest BCUT2D eigenvalue weighted by molar-refractivity contribution is 6.05. The van der Waals surface area contributed by atoms with Crippen molar-refractivity contribution in [1.29, 1.82) is 0 Å². The van der Waals surface area contributed by atoms with Gasteiger partial charge in [0.05, 0.1) is 22.9 Å². The molecule has 10 nitrogen and oxygen atoms in total. The number of rotatable bonds is 5. The minimum atomic E-state index is -1.21. The van der Waals surface area contributed by atoms with E-state index in [0.717, 1.165) is 0 Å². The molecule has 0 aliphatic rings. The molecule has 0 radical (unpaired) electrons. The monoisotopic (exact) mass is 400 g/mol. The Kier molecular flexibility index (Phi) is 5.62. The van der Waals surface area contributed by atoms with E-state index in [9.17, 15) is 14.4 Å². The number of aryl methyl sites for hydroxylation is 1. The van der Waals surface area contributed by atoms with Gasteiger partial charge in [-0.25, -0.2) is 14.6 Å². The van der Waals surface area contributed by atoms with Gasteiger partial charge < -0.3 is 19.0 Å². The highest BCUT2D eigenvalue weighted by Gasteiger charge is 2.25. The van der Waals surface area contributed by atoms with Crippen LogP contribution in [0.2, 0.25) is 0 Å². The lowest BCUT2D eigenvalue weighted by molar-refractivity contribution is -0.127. The van der Waals surface area contributed by atoms with Crippen LogP contribution in [0.15, 0.2) is 33.4 Å². The average Bonchev–Trinajstić information content (AvgIpc) is 3.30. The van der Waals surface area contributed by atoms with Crippen LogP contribution >= 0.6 is 0 Å². The maximum atomic E-state index is 12.8. The lowest BCUT2D eigenvalue weighted by atomic mass is 10.1. The summed E-state index contributed by atoms with van der Waals surface area (Å²) in [5, 5.41) is 8.84. The first-order valence-electron chi connectivity index (χ1n) is 8.89. The number of carbonyl (C=O) groups excluding carboxylic acids is 3. The highest BCUT2D eigenvalue weighted by atomic mass is 16.5. The van der Waals surface area contributed by atoms with Crippen molar-refractivity contribution >= 4 is 29.0 Å². The standard InChI is InChI=1S/C19H20N4O6/c1-9(2)20-19(26)22-16(24)11(4)28-18(25)12-8-13(14-6-5-7-27-14)21-17-15(12)10(3)23-29-17/h5-9,11H,1-4H3,(H2,20,22,24,26). The van der Waals surface area contributed by atoms with Crippen LogP contribution in [-0.4, -0.2) is 40.2 Å². The third-order valence-corrected chi connectivity index (χ3v) is 3.92. The summed E-state index contributed by atoms with van der Waals surface area (Å²) >= 11 is 0. The van der Waals surface area contributed by atoms with E-state index in [4.69, 9.17) is 13.7 Å². The minimum Gasteiger partial charge on any atom is -0.463 e. The van der Waals surface area contributed by atoms with Crippen LogP contribution in [0.1, 0.15) is 36.8 Å². The van der Waals surface area contributed by atoms with Crippen LogP contribution in [0.4, 0.5) is 4.79 Å². The average molecular weight is 400 g/mol. The maximum absolute atomic E-state index is 12.8. The summed E-state index contributed by atoms with van der Waals surface area (Å²) in [5.41, 5.74) is 1.04. The quantitative estimate of drug-likeness (QED) is 0.624. The van der Waals surface area contributed by atoms with E-state index < -0.39 is 24.0 Å². The Hall–Kier alpha value is -3.69. The van der Waals surface area contributed by atoms with Crippen LogP contribution < -0.4 is 10.6 Å². The first-order chi connectivity index (χ1) is 13.8. The summed E-state index contributed by atoms with van der Waals surface area (Å²) in [4.78, 5) is 40.9. The molecule has 1 atom stereocenters. The maximum Gasteiger partial charge on any atom is 0.339 e. The number of nitrogens with zero attached hydrogens (tertiary/aromatic N) is 2. The molecule has 0 aliphatic carbocycles. The number of imide groups is 1. The number of nitrogens with one attached hydrogen (secondary N) is 2. The molecule has 0 bridgehead atoms. The summed E-state index contributed by atoms with van der Waals surface area (Å²) in [6.07, 6.45) is 0.260. The number of amides is 3. The number of furan rings is 1. The molecule has 0 saturated carbocycles. The van der Waals surface area contributed by atoms with Crippen molar-refractivity contribution in [3.8, 4) is 11.5 Å². The van der Waals surface area contributed by atoms with Gasteiger partial charge in [-0.3, -0.25) is 10.1 Å². The van der Waals surface area contributed by atoms with Crippen LogP contribution in [0.3, 0.4) is 0 Å². The fraction of sp³-hybridized carbons (Fsp3) is 0.316. The molecule has 0 aromatic carbocycles. The van der Waals surface area contributed by atoms with Crippen molar-refractivity contribution in [2.45, 2.75) is 39.8 Å². The zero-order valence-electron chi connectivity index (χ0n) is 16.3. The molecule has 29 heavy (non-hydrogen) atoms. The molecule has 3 rings (SSSR count). The number of fused-ring (bicyclic) bond motifs is 1. The predicted molar refractivity (Wildman–Crippen MR) is 101 cm³/mol. The Morgan fingerprint density at radius 3 is 2.62 bits per heavy atom. The van der Waals surface area contributed by atoms with Gasteiger partial charge in [-0.1, -0.05) is 5.16 Å². The normalized spacial score (nSPS) is 12.0. The number of carbonyl (C=O) groups is 3. The summed E-state index contributed by atoms with van der Waals surface area (Å²) in [6, 6.07) is 4.01. The Bertz CT molecular complexity index is 1050. The molecular formula is C19H20N4O6. The molecule has 0 saturated heterocycles. The third kappa shape index (κ3) is 4.42. The van der Waals surface area contributed by atoms with Gasteiger partial charge in [-0.2, -0.15) is 0 Å². The van der Waals surface area contributed by atoms with Crippen molar-refractivity contribution in [3.63, 3.8) is 0 Å². The Morgan fingerprint density at radius 1 is 1.21 bits per heavy atom. The molecule has 3 aromatic heterocycles. The molecule has 152 valence electrons. The van der Waals surface area contributed by atoms with Gasteiger partial charge in [0.15, 0.2) is 11.9 Å². The van der Waals surface area contributed by atoms with Gasteiger partial charge in [0.25, 0.3) is 11.6 Å². The second-order valence-electron chi connectivity index (χ2n) is 6.65. The van der Waals surface area contributed by atoms with Crippen molar-refractivity contribution in [1.82, 2.24) is 20.8 Å². The number of hydrogen-bond donors (Lipinski definition) is 2. The smallest absolute Gasteiger partial charge is 0.339 e. The lowest BCUT2D eigenvalue weighted by Crippen LogP contribution is -2.46. The van der Waals surface area contributed by atoms with Crippen molar-refractivity contribution in [2.75, 3.05) is 0 Å². The predicted octanol–water partition coefficient (Wildman–Crippen LogP) is 2.57. The molecule has 2 N–H and O–H groups in total. The molecule has 0 aliphatic heterocycles. The van der Waals surface area contributed by atoms with Crippen molar-refractivity contribution < 1.29 is 28.1 Å². The fourth-order valence-corrected chi connectivity index (χ4v) is 2.60. The van der Waals surface area contributed by atoms with Gasteiger partial charge in [0.2, 0.25) is 0 Å². The zero-order valence-corrected chi connectivity index (χ0v) is 16.3. The van der Waals surface area contributed by atoms with Crippen molar-refractivity contribution in [2.24, 2.45) is 0 Å². The van der Waals surface area contributed by atoms with Gasteiger partial charge in [-0.15, -0.1) is 0 Å². The van der Waals surface area contributed by atoms with Crippen LogP contribution in [-0.2, 0) is 9.53 Å². The summed E-state index contributed by atoms with van der Waals surface area (Å²) in [5.74, 6) is -1.12. The highest BCUT2D eigenvalue weighted by Crippen LogP contribution is 2.28.